The van der Waals surface area contributed by atoms with Gasteiger partial charge < -0.3 is 0 Å². The van der Waals surface area contributed by atoms with E-state index in [1.165, 1.54) is 0 Å². The summed E-state index contributed by atoms with van der Waals surface area (Å²) in [5, 5.41) is 0. The van der Waals surface area contributed by atoms with Crippen molar-refractivity contribution >= 4 is 0 Å². The standard InChI is InChI=1S/2C5H5.C3H6.Fe/c2*1-2-4-5-3-1;1-3-2;/h2*1-5H;3H,1H2,2H3;. The third-order valence-corrected chi connectivity index (χ3v) is 56.5. The van der Waals surface area contributed by atoms with Gasteiger partial charge in [-0.05, 0) is 6.92 Å². The summed E-state index contributed by atoms with van der Waals surface area (Å²) in [7, 11) is 0. The van der Waals surface area contributed by atoms with Crippen LogP contribution in [0, 0.1) is 0 Å². The summed E-state index contributed by atoms with van der Waals surface area (Å²) in [5.41, 5.74) is 0. The molecule has 0 radical (unpaired) electrons. The molecule has 0 aromatic carbocycles. The van der Waals surface area contributed by atoms with Crippen LogP contribution >= 0.6 is 0 Å². The Labute approximate surface area is 74.4 Å². The monoisotopic (exact) mass is 228 g/mol. The van der Waals surface area contributed by atoms with Crippen LogP contribution in [0.2, 0.25) is 48.2 Å². The zero-order valence-corrected chi connectivity index (χ0v) is 9.52. The number of allylic oxidation sites excluding steroid dienone is 1. The first-order valence-corrected chi connectivity index (χ1v) is 12.7. The summed E-state index contributed by atoms with van der Waals surface area (Å²) in [6.45, 7) is 2.97. The second kappa shape index (κ2) is 0.343. The van der Waals surface area contributed by atoms with Gasteiger partial charge in [0.25, 0.3) is 0 Å². The van der Waals surface area contributed by atoms with Crippen molar-refractivity contribution in [1.82, 2.24) is 0 Å². The van der Waals surface area contributed by atoms with Crippen LogP contribution in [0.5, 0.6) is 0 Å². The molecule has 0 atom stereocenters. The van der Waals surface area contributed by atoms with E-state index < -0.39 is 6.51 Å². The molecule has 0 N–H and O–H groups in total. The average Bonchev–Trinajstić information content (AvgIpc) is 3.15. The van der Waals surface area contributed by atoms with Gasteiger partial charge in [-0.2, -0.15) is 0 Å². The van der Waals surface area contributed by atoms with E-state index in [1.807, 2.05) is 6.92 Å². The zero-order chi connectivity index (χ0) is 8.80. The van der Waals surface area contributed by atoms with Crippen LogP contribution in [0.3, 0.4) is 0 Å². The van der Waals surface area contributed by atoms with E-state index in [4.69, 9.17) is 0 Å². The van der Waals surface area contributed by atoms with E-state index in [9.17, 15) is 0 Å². The molecular weight excluding hydrogens is 212 g/mol. The number of hydrogen-bond donors (Lipinski definition) is 0. The van der Waals surface area contributed by atoms with Crippen molar-refractivity contribution in [2.24, 2.45) is 0 Å². The molecule has 0 amide bonds. The molecule has 10 fully saturated rings. The summed E-state index contributed by atoms with van der Waals surface area (Å²) in [5.74, 6) is 0. The van der Waals surface area contributed by atoms with Gasteiger partial charge in [0.05, 0.1) is 0 Å². The Balaban J connectivity index is 0.000000151. The van der Waals surface area contributed by atoms with E-state index >= 15 is 0 Å². The average molecular weight is 228 g/mol. The van der Waals surface area contributed by atoms with Gasteiger partial charge >= 0.3 is 54.7 Å². The fourth-order valence-corrected chi connectivity index (χ4v) is 88.0. The van der Waals surface area contributed by atoms with Crippen LogP contribution in [-0.2, 0) is 6.51 Å². The Morgan fingerprint density at radius 2 is 0.857 bits per heavy atom. The molecule has 0 aromatic rings. The van der Waals surface area contributed by atoms with Crippen LogP contribution in [0.1, 0.15) is 6.92 Å². The van der Waals surface area contributed by atoms with Crippen molar-refractivity contribution in [2.45, 2.75) is 55.1 Å². The minimum atomic E-state index is -2.28. The molecule has 14 heavy (non-hydrogen) atoms. The molecule has 1 spiro atoms. The Kier molecular flexibility index (Phi) is 0.124. The molecule has 1 heteroatoms. The first-order chi connectivity index (χ1) is 6.57. The van der Waals surface area contributed by atoms with E-state index in [1.54, 1.807) is 54.2 Å². The van der Waals surface area contributed by atoms with Crippen LogP contribution < -0.4 is 0 Å². The quantitative estimate of drug-likeness (QED) is 0.421. The Morgan fingerprint density at radius 1 is 0.714 bits per heavy atom. The van der Waals surface area contributed by atoms with Crippen LogP contribution in [0.4, 0.5) is 0 Å². The molecule has 76 valence electrons. The normalized spacial score (nSPS) is 135. The fourth-order valence-electron chi connectivity index (χ4n) is 15.8. The van der Waals surface area contributed by atoms with Gasteiger partial charge in [0.15, 0.2) is 0 Å². The topological polar surface area (TPSA) is 0 Å². The molecule has 10 saturated heterocycles. The van der Waals surface area contributed by atoms with Gasteiger partial charge in [-0.1, -0.05) is 6.08 Å². The molecule has 0 aromatic heterocycles. The molecule has 10 rings (SSSR count). The molecule has 10 heterocycles. The van der Waals surface area contributed by atoms with Crippen molar-refractivity contribution in [3.05, 3.63) is 12.7 Å². The van der Waals surface area contributed by atoms with Crippen molar-refractivity contribution in [3.63, 3.8) is 0 Å². The van der Waals surface area contributed by atoms with Crippen molar-refractivity contribution in [1.29, 1.82) is 0 Å². The molecule has 10 aliphatic rings. The van der Waals surface area contributed by atoms with Crippen molar-refractivity contribution in [3.8, 4) is 0 Å². The minimum absolute atomic E-state index is 1.59. The molecule has 0 unspecified atom stereocenters. The predicted molar refractivity (Wildman–Crippen MR) is 53.4 cm³/mol. The Morgan fingerprint density at radius 3 is 0.857 bits per heavy atom. The van der Waals surface area contributed by atoms with Crippen LogP contribution in [0.15, 0.2) is 12.7 Å². The van der Waals surface area contributed by atoms with Crippen molar-refractivity contribution < 1.29 is 6.51 Å². The summed E-state index contributed by atoms with van der Waals surface area (Å²) >= 11 is 0. The van der Waals surface area contributed by atoms with E-state index in [0.717, 1.165) is 0 Å². The number of rotatable bonds is 0. The SMILES string of the molecule is C=CC.[CH]12[CH]3[CH]4[CH]5[CH]1[Fe]23451678[CH]2[CH]1[CH]6[CH]7[CH]28. The summed E-state index contributed by atoms with van der Waals surface area (Å²) < 4.78 is 0. The molecule has 0 aliphatic carbocycles. The third kappa shape index (κ3) is 0.0388. The van der Waals surface area contributed by atoms with Crippen LogP contribution in [-0.4, -0.2) is 0 Å². The van der Waals surface area contributed by atoms with E-state index in [2.05, 4.69) is 6.58 Å². The van der Waals surface area contributed by atoms with Gasteiger partial charge in [0.1, 0.15) is 0 Å². The van der Waals surface area contributed by atoms with Gasteiger partial charge in [-0.25, -0.2) is 0 Å². The second-order valence-corrected chi connectivity index (χ2v) is 33.9. The van der Waals surface area contributed by atoms with Crippen LogP contribution in [0.25, 0.3) is 0 Å². The fraction of sp³-hybridized carbons (Fsp3) is 0.846. The van der Waals surface area contributed by atoms with Gasteiger partial charge in [0, 0.05) is 0 Å². The maximum atomic E-state index is 3.36. The van der Waals surface area contributed by atoms with E-state index in [0.29, 0.717) is 0 Å². The Bertz CT molecular complexity index is 617. The number of hydrogen-bond acceptors (Lipinski definition) is 0. The maximum absolute atomic E-state index is 3.36. The van der Waals surface area contributed by atoms with Crippen molar-refractivity contribution in [2.75, 3.05) is 0 Å². The molecular formula is C13H16Fe. The molecule has 0 bridgehead atoms. The third-order valence-electron chi connectivity index (χ3n) is 14.5. The Hall–Kier alpha value is 0.259. The first kappa shape index (κ1) is 5.06. The van der Waals surface area contributed by atoms with E-state index in [-0.39, 0.29) is 0 Å². The van der Waals surface area contributed by atoms with Gasteiger partial charge in [-0.15, -0.1) is 6.58 Å². The van der Waals surface area contributed by atoms with Gasteiger partial charge in [0.2, 0.25) is 0 Å². The molecule has 0 saturated carbocycles. The van der Waals surface area contributed by atoms with Gasteiger partial charge in [-0.3, -0.25) is 0 Å². The zero-order valence-electron chi connectivity index (χ0n) is 8.41. The summed E-state index contributed by atoms with van der Waals surface area (Å²) in [6.07, 6.45) is 1.75. The first-order valence-electron chi connectivity index (χ1n) is 6.36. The summed E-state index contributed by atoms with van der Waals surface area (Å²) in [4.78, 5) is 15.9. The summed E-state index contributed by atoms with van der Waals surface area (Å²) in [6, 6.07) is 0. The number of fused-ring (bicyclic) bond motifs is 10. The predicted octanol–water partition coefficient (Wildman–Crippen LogP) is 4.57. The molecule has 10 aliphatic heterocycles. The second-order valence-electron chi connectivity index (χ2n) is 9.99. The molecule has 0 nitrogen and oxygen atoms in total.